The molecule has 7 heteroatoms. The second-order valence-corrected chi connectivity index (χ2v) is 5.16. The number of halogens is 1. The van der Waals surface area contributed by atoms with Gasteiger partial charge in [0.1, 0.15) is 30.9 Å². The van der Waals surface area contributed by atoms with Gasteiger partial charge in [-0.3, -0.25) is 0 Å². The first-order valence-corrected chi connectivity index (χ1v) is 7.59. The van der Waals surface area contributed by atoms with Crippen molar-refractivity contribution in [2.24, 2.45) is 0 Å². The van der Waals surface area contributed by atoms with E-state index in [0.29, 0.717) is 5.75 Å². The molecule has 0 aliphatic heterocycles. The van der Waals surface area contributed by atoms with Gasteiger partial charge in [0.2, 0.25) is 0 Å². The molecule has 0 amide bonds. The monoisotopic (exact) mass is 338 g/mol. The SMILES string of the molecule is Cc1nccn1-c1cccc(OCCOc2ncc(C#N)cc2F)c1. The van der Waals surface area contributed by atoms with Crippen molar-refractivity contribution >= 4 is 0 Å². The Bertz CT molecular complexity index is 917. The zero-order valence-electron chi connectivity index (χ0n) is 13.5. The quantitative estimate of drug-likeness (QED) is 0.646. The van der Waals surface area contributed by atoms with Gasteiger partial charge in [-0.15, -0.1) is 0 Å². The van der Waals surface area contributed by atoms with Gasteiger partial charge >= 0.3 is 0 Å². The minimum Gasteiger partial charge on any atom is -0.490 e. The summed E-state index contributed by atoms with van der Waals surface area (Å²) in [5, 5.41) is 8.68. The third kappa shape index (κ3) is 3.93. The molecule has 0 unspecified atom stereocenters. The number of ether oxygens (including phenoxy) is 2. The second-order valence-electron chi connectivity index (χ2n) is 5.16. The number of nitriles is 1. The van der Waals surface area contributed by atoms with Crippen molar-refractivity contribution in [3.05, 3.63) is 66.1 Å². The number of pyridine rings is 1. The Morgan fingerprint density at radius 1 is 1.20 bits per heavy atom. The van der Waals surface area contributed by atoms with Crippen molar-refractivity contribution < 1.29 is 13.9 Å². The molecule has 0 spiro atoms. The van der Waals surface area contributed by atoms with Crippen LogP contribution in [0.15, 0.2) is 48.9 Å². The van der Waals surface area contributed by atoms with Crippen molar-refractivity contribution in [2.45, 2.75) is 6.92 Å². The average Bonchev–Trinajstić information content (AvgIpc) is 3.06. The van der Waals surface area contributed by atoms with Gasteiger partial charge in [-0.05, 0) is 25.1 Å². The molecule has 0 aliphatic rings. The number of aromatic nitrogens is 3. The summed E-state index contributed by atoms with van der Waals surface area (Å²) in [6, 6.07) is 10.4. The first kappa shape index (κ1) is 16.5. The molecule has 0 aliphatic carbocycles. The first-order chi connectivity index (χ1) is 12.2. The summed E-state index contributed by atoms with van der Waals surface area (Å²) < 4.78 is 26.5. The number of hydrogen-bond acceptors (Lipinski definition) is 5. The minimum absolute atomic E-state index is 0.129. The highest BCUT2D eigenvalue weighted by Gasteiger charge is 2.07. The van der Waals surface area contributed by atoms with E-state index in [1.165, 1.54) is 6.20 Å². The first-order valence-electron chi connectivity index (χ1n) is 7.59. The Labute approximate surface area is 144 Å². The van der Waals surface area contributed by atoms with E-state index in [9.17, 15) is 4.39 Å². The molecular formula is C18H15FN4O2. The molecule has 1 aromatic carbocycles. The second kappa shape index (κ2) is 7.45. The van der Waals surface area contributed by atoms with Gasteiger partial charge in [0, 0.05) is 24.7 Å². The highest BCUT2D eigenvalue weighted by atomic mass is 19.1. The molecular weight excluding hydrogens is 323 g/mol. The van der Waals surface area contributed by atoms with E-state index in [2.05, 4.69) is 9.97 Å². The zero-order chi connectivity index (χ0) is 17.6. The van der Waals surface area contributed by atoms with Crippen molar-refractivity contribution in [2.75, 3.05) is 13.2 Å². The van der Waals surface area contributed by atoms with Crippen LogP contribution in [-0.4, -0.2) is 27.7 Å². The molecule has 3 rings (SSSR count). The predicted molar refractivity (Wildman–Crippen MR) is 88.2 cm³/mol. The van der Waals surface area contributed by atoms with Crippen LogP contribution in [0.4, 0.5) is 4.39 Å². The molecule has 2 heterocycles. The summed E-state index contributed by atoms with van der Waals surface area (Å²) in [6.07, 6.45) is 4.86. The van der Waals surface area contributed by atoms with Gasteiger partial charge in [-0.1, -0.05) is 6.07 Å². The molecule has 0 saturated carbocycles. The summed E-state index contributed by atoms with van der Waals surface area (Å²) in [5.41, 5.74) is 1.08. The Morgan fingerprint density at radius 2 is 2.04 bits per heavy atom. The number of aryl methyl sites for hydroxylation is 1. The molecule has 0 N–H and O–H groups in total. The van der Waals surface area contributed by atoms with Crippen molar-refractivity contribution in [1.29, 1.82) is 5.26 Å². The van der Waals surface area contributed by atoms with E-state index in [-0.39, 0.29) is 24.7 Å². The molecule has 6 nitrogen and oxygen atoms in total. The predicted octanol–water partition coefficient (Wildman–Crippen LogP) is 3.04. The van der Waals surface area contributed by atoms with Crippen LogP contribution in [0.5, 0.6) is 11.6 Å². The lowest BCUT2D eigenvalue weighted by Gasteiger charge is -2.10. The van der Waals surface area contributed by atoms with Crippen molar-refractivity contribution in [1.82, 2.24) is 14.5 Å². The molecule has 3 aromatic rings. The fraction of sp³-hybridized carbons (Fsp3) is 0.167. The maximum absolute atomic E-state index is 13.6. The highest BCUT2D eigenvalue weighted by molar-refractivity contribution is 5.40. The molecule has 2 aromatic heterocycles. The maximum atomic E-state index is 13.6. The Hall–Kier alpha value is -3.40. The largest absolute Gasteiger partial charge is 0.490 e. The lowest BCUT2D eigenvalue weighted by molar-refractivity contribution is 0.205. The lowest BCUT2D eigenvalue weighted by atomic mass is 10.3. The van der Waals surface area contributed by atoms with Crippen LogP contribution in [0, 0.1) is 24.1 Å². The van der Waals surface area contributed by atoms with E-state index in [0.717, 1.165) is 17.6 Å². The molecule has 0 saturated heterocycles. The summed E-state index contributed by atoms with van der Waals surface area (Å²) in [5.74, 6) is 0.729. The lowest BCUT2D eigenvalue weighted by Crippen LogP contribution is -2.11. The molecule has 25 heavy (non-hydrogen) atoms. The van der Waals surface area contributed by atoms with Crippen LogP contribution in [0.1, 0.15) is 11.4 Å². The van der Waals surface area contributed by atoms with Gasteiger partial charge in [-0.25, -0.2) is 14.4 Å². The van der Waals surface area contributed by atoms with Crippen LogP contribution in [0.3, 0.4) is 0 Å². The smallest absolute Gasteiger partial charge is 0.250 e. The third-order valence-corrected chi connectivity index (χ3v) is 3.45. The summed E-state index contributed by atoms with van der Waals surface area (Å²) >= 11 is 0. The van der Waals surface area contributed by atoms with Crippen molar-refractivity contribution in [3.8, 4) is 23.4 Å². The molecule has 0 fully saturated rings. The number of hydrogen-bond donors (Lipinski definition) is 0. The molecule has 0 radical (unpaired) electrons. The summed E-state index contributed by atoms with van der Waals surface area (Å²) in [6.45, 7) is 2.28. The van der Waals surface area contributed by atoms with E-state index < -0.39 is 5.82 Å². The third-order valence-electron chi connectivity index (χ3n) is 3.45. The molecule has 0 bridgehead atoms. The topological polar surface area (TPSA) is 73.0 Å². The van der Waals surface area contributed by atoms with Gasteiger partial charge < -0.3 is 14.0 Å². The van der Waals surface area contributed by atoms with Crippen molar-refractivity contribution in [3.63, 3.8) is 0 Å². The fourth-order valence-electron chi connectivity index (χ4n) is 2.26. The van der Waals surface area contributed by atoms with E-state index >= 15 is 0 Å². The van der Waals surface area contributed by atoms with Gasteiger partial charge in [-0.2, -0.15) is 5.26 Å². The van der Waals surface area contributed by atoms with E-state index in [1.807, 2.05) is 48.0 Å². The van der Waals surface area contributed by atoms with E-state index in [4.69, 9.17) is 14.7 Å². The van der Waals surface area contributed by atoms with Gasteiger partial charge in [0.05, 0.1) is 11.3 Å². The standard InChI is InChI=1S/C18H15FN4O2/c1-13-21-5-6-23(13)15-3-2-4-16(10-15)24-7-8-25-18-17(19)9-14(11-20)12-22-18/h2-6,9-10,12H,7-8H2,1H3. The summed E-state index contributed by atoms with van der Waals surface area (Å²) in [4.78, 5) is 7.96. The number of imidazole rings is 1. The number of benzene rings is 1. The minimum atomic E-state index is -0.670. The highest BCUT2D eigenvalue weighted by Crippen LogP contribution is 2.18. The molecule has 0 atom stereocenters. The van der Waals surface area contributed by atoms with Gasteiger partial charge in [0.15, 0.2) is 5.82 Å². The van der Waals surface area contributed by atoms with E-state index in [1.54, 1.807) is 6.20 Å². The molecule has 126 valence electrons. The van der Waals surface area contributed by atoms with Crippen LogP contribution in [0.25, 0.3) is 5.69 Å². The maximum Gasteiger partial charge on any atom is 0.250 e. The normalized spacial score (nSPS) is 10.3. The summed E-state index contributed by atoms with van der Waals surface area (Å²) in [7, 11) is 0. The Balaban J connectivity index is 1.56. The van der Waals surface area contributed by atoms with Gasteiger partial charge in [0.25, 0.3) is 5.88 Å². The van der Waals surface area contributed by atoms with Crippen LogP contribution in [-0.2, 0) is 0 Å². The van der Waals surface area contributed by atoms with Crippen LogP contribution in [0.2, 0.25) is 0 Å². The fourth-order valence-corrected chi connectivity index (χ4v) is 2.26. The number of rotatable bonds is 6. The average molecular weight is 338 g/mol. The van der Waals surface area contributed by atoms with Crippen LogP contribution < -0.4 is 9.47 Å². The van der Waals surface area contributed by atoms with Crippen LogP contribution >= 0.6 is 0 Å². The zero-order valence-corrected chi connectivity index (χ0v) is 13.5. The Kier molecular flexibility index (Phi) is 4.90. The Morgan fingerprint density at radius 3 is 2.76 bits per heavy atom. The number of nitrogens with zero attached hydrogens (tertiary/aromatic N) is 4.